The van der Waals surface area contributed by atoms with Crippen LogP contribution in [0, 0.1) is 6.92 Å². The molecule has 5 aromatic rings. The summed E-state index contributed by atoms with van der Waals surface area (Å²) in [4.78, 5) is 17.1. The number of nitrogens with one attached hydrogen (secondary N) is 1. The van der Waals surface area contributed by atoms with Gasteiger partial charge in [-0.15, -0.1) is 0 Å². The Hall–Kier alpha value is -3.86. The van der Waals surface area contributed by atoms with E-state index in [9.17, 15) is 4.79 Å². The Bertz CT molecular complexity index is 1300. The maximum atomic E-state index is 12.5. The zero-order valence-electron chi connectivity index (χ0n) is 15.1. The summed E-state index contributed by atoms with van der Waals surface area (Å²) in [5.41, 5.74) is 4.71. The van der Waals surface area contributed by atoms with E-state index in [-0.39, 0.29) is 11.7 Å². The third-order valence-electron chi connectivity index (χ3n) is 4.56. The first kappa shape index (κ1) is 16.3. The van der Waals surface area contributed by atoms with Gasteiger partial charge in [-0.25, -0.2) is 4.98 Å². The van der Waals surface area contributed by atoms with Crippen LogP contribution in [0.25, 0.3) is 33.5 Å². The maximum absolute atomic E-state index is 12.5. The predicted octanol–water partition coefficient (Wildman–Crippen LogP) is 5.80. The number of aryl methyl sites for hydroxylation is 1. The largest absolute Gasteiger partial charge is 0.451 e. The number of furan rings is 1. The Labute approximate surface area is 160 Å². The third-order valence-corrected chi connectivity index (χ3v) is 4.56. The number of benzene rings is 3. The van der Waals surface area contributed by atoms with Gasteiger partial charge in [-0.1, -0.05) is 35.9 Å². The fourth-order valence-electron chi connectivity index (χ4n) is 3.19. The molecule has 1 amide bonds. The lowest BCUT2D eigenvalue weighted by Gasteiger charge is -2.02. The van der Waals surface area contributed by atoms with Crippen molar-refractivity contribution in [2.24, 2.45) is 0 Å². The highest BCUT2D eigenvalue weighted by molar-refractivity contribution is 6.05. The van der Waals surface area contributed by atoms with E-state index >= 15 is 0 Å². The molecule has 136 valence electrons. The second kappa shape index (κ2) is 6.39. The first-order chi connectivity index (χ1) is 13.7. The van der Waals surface area contributed by atoms with E-state index in [1.807, 2.05) is 55.5 Å². The van der Waals surface area contributed by atoms with Crippen LogP contribution < -0.4 is 5.32 Å². The molecule has 5 heteroatoms. The van der Waals surface area contributed by atoms with Gasteiger partial charge in [-0.05, 0) is 49.4 Å². The fourth-order valence-corrected chi connectivity index (χ4v) is 3.19. The van der Waals surface area contributed by atoms with Crippen molar-refractivity contribution in [1.29, 1.82) is 0 Å². The molecule has 2 aromatic heterocycles. The molecule has 0 atom stereocenters. The Morgan fingerprint density at radius 1 is 0.893 bits per heavy atom. The summed E-state index contributed by atoms with van der Waals surface area (Å²) in [6.07, 6.45) is 0. The van der Waals surface area contributed by atoms with E-state index in [0.717, 1.165) is 16.5 Å². The van der Waals surface area contributed by atoms with Crippen molar-refractivity contribution in [2.45, 2.75) is 6.92 Å². The first-order valence-corrected chi connectivity index (χ1v) is 8.93. The van der Waals surface area contributed by atoms with E-state index in [0.29, 0.717) is 28.3 Å². The van der Waals surface area contributed by atoms with E-state index in [4.69, 9.17) is 8.83 Å². The van der Waals surface area contributed by atoms with Gasteiger partial charge < -0.3 is 14.2 Å². The third kappa shape index (κ3) is 2.93. The van der Waals surface area contributed by atoms with Crippen molar-refractivity contribution in [3.63, 3.8) is 0 Å². The molecule has 0 aliphatic rings. The average Bonchev–Trinajstić information content (AvgIpc) is 3.32. The number of hydrogen-bond donors (Lipinski definition) is 1. The first-order valence-electron chi connectivity index (χ1n) is 8.93. The highest BCUT2D eigenvalue weighted by atomic mass is 16.4. The molecule has 5 rings (SSSR count). The second-order valence-corrected chi connectivity index (χ2v) is 6.67. The highest BCUT2D eigenvalue weighted by Crippen LogP contribution is 2.27. The van der Waals surface area contributed by atoms with Crippen LogP contribution in [0.3, 0.4) is 0 Å². The Kier molecular flexibility index (Phi) is 3.72. The molecule has 0 fully saturated rings. The standard InChI is InChI=1S/C23H16N2O3/c1-14-5-4-7-16(11-14)23-25-18-13-17(9-10-20(18)28-23)24-22(26)21-12-15-6-2-3-8-19(15)27-21/h2-13H,1H3,(H,24,26). The van der Waals surface area contributed by atoms with Gasteiger partial charge in [0.15, 0.2) is 11.3 Å². The molecule has 2 heterocycles. The predicted molar refractivity (Wildman–Crippen MR) is 108 cm³/mol. The molecule has 0 bridgehead atoms. The van der Waals surface area contributed by atoms with Crippen molar-refractivity contribution in [3.05, 3.63) is 84.1 Å². The highest BCUT2D eigenvalue weighted by Gasteiger charge is 2.14. The summed E-state index contributed by atoms with van der Waals surface area (Å²) >= 11 is 0. The molecule has 0 aliphatic heterocycles. The van der Waals surface area contributed by atoms with E-state index in [1.54, 1.807) is 24.3 Å². The topological polar surface area (TPSA) is 68.3 Å². The molecular formula is C23H16N2O3. The molecule has 0 saturated heterocycles. The zero-order chi connectivity index (χ0) is 19.1. The monoisotopic (exact) mass is 368 g/mol. The van der Waals surface area contributed by atoms with Crippen LogP contribution >= 0.6 is 0 Å². The minimum Gasteiger partial charge on any atom is -0.451 e. The number of hydrogen-bond acceptors (Lipinski definition) is 4. The van der Waals surface area contributed by atoms with Gasteiger partial charge in [0.25, 0.3) is 5.91 Å². The Morgan fingerprint density at radius 3 is 2.64 bits per heavy atom. The lowest BCUT2D eigenvalue weighted by atomic mass is 10.1. The molecule has 1 N–H and O–H groups in total. The van der Waals surface area contributed by atoms with E-state index < -0.39 is 0 Å². The smallest absolute Gasteiger partial charge is 0.291 e. The van der Waals surface area contributed by atoms with Crippen LogP contribution in [0.1, 0.15) is 16.1 Å². The van der Waals surface area contributed by atoms with Crippen LogP contribution in [-0.2, 0) is 0 Å². The maximum Gasteiger partial charge on any atom is 0.291 e. The SMILES string of the molecule is Cc1cccc(-c2nc3cc(NC(=O)c4cc5ccccc5o4)ccc3o2)c1. The van der Waals surface area contributed by atoms with Crippen molar-refractivity contribution in [2.75, 3.05) is 5.32 Å². The molecule has 3 aromatic carbocycles. The second-order valence-electron chi connectivity index (χ2n) is 6.67. The number of carbonyl (C=O) groups is 1. The van der Waals surface area contributed by atoms with Crippen molar-refractivity contribution in [3.8, 4) is 11.5 Å². The van der Waals surface area contributed by atoms with Gasteiger partial charge in [0.05, 0.1) is 0 Å². The number of nitrogens with zero attached hydrogens (tertiary/aromatic N) is 1. The van der Waals surface area contributed by atoms with Crippen LogP contribution in [0.4, 0.5) is 5.69 Å². The van der Waals surface area contributed by atoms with E-state index in [2.05, 4.69) is 10.3 Å². The molecule has 0 spiro atoms. The number of carbonyl (C=O) groups excluding carboxylic acids is 1. The number of oxazole rings is 1. The number of rotatable bonds is 3. The van der Waals surface area contributed by atoms with Gasteiger partial charge in [0, 0.05) is 16.6 Å². The Balaban J connectivity index is 1.43. The summed E-state index contributed by atoms with van der Waals surface area (Å²) in [5, 5.41) is 3.75. The van der Waals surface area contributed by atoms with Gasteiger partial charge in [0.1, 0.15) is 11.1 Å². The molecule has 0 aliphatic carbocycles. The molecule has 5 nitrogen and oxygen atoms in total. The summed E-state index contributed by atoms with van der Waals surface area (Å²) in [6.45, 7) is 2.03. The molecule has 28 heavy (non-hydrogen) atoms. The van der Waals surface area contributed by atoms with Crippen molar-refractivity contribution in [1.82, 2.24) is 4.98 Å². The number of fused-ring (bicyclic) bond motifs is 2. The van der Waals surface area contributed by atoms with Crippen LogP contribution in [-0.4, -0.2) is 10.9 Å². The molecular weight excluding hydrogens is 352 g/mol. The molecule has 0 radical (unpaired) electrons. The van der Waals surface area contributed by atoms with Gasteiger partial charge in [0.2, 0.25) is 5.89 Å². The van der Waals surface area contributed by atoms with Crippen LogP contribution in [0.2, 0.25) is 0 Å². The summed E-state index contributed by atoms with van der Waals surface area (Å²) in [6, 6.07) is 22.6. The minimum absolute atomic E-state index is 0.266. The number of aromatic nitrogens is 1. The minimum atomic E-state index is -0.307. The zero-order valence-corrected chi connectivity index (χ0v) is 15.1. The number of para-hydroxylation sites is 1. The summed E-state index contributed by atoms with van der Waals surface area (Å²) < 4.78 is 11.5. The van der Waals surface area contributed by atoms with Gasteiger partial charge in [-0.2, -0.15) is 0 Å². The normalized spacial score (nSPS) is 11.2. The van der Waals surface area contributed by atoms with Crippen molar-refractivity contribution < 1.29 is 13.6 Å². The summed E-state index contributed by atoms with van der Waals surface area (Å²) in [7, 11) is 0. The number of anilines is 1. The van der Waals surface area contributed by atoms with Crippen LogP contribution in [0.5, 0.6) is 0 Å². The van der Waals surface area contributed by atoms with E-state index in [1.165, 1.54) is 0 Å². The molecule has 0 saturated carbocycles. The fraction of sp³-hybridized carbons (Fsp3) is 0.0435. The number of amides is 1. The van der Waals surface area contributed by atoms with Crippen LogP contribution in [0.15, 0.2) is 81.6 Å². The summed E-state index contributed by atoms with van der Waals surface area (Å²) in [5.74, 6) is 0.513. The van der Waals surface area contributed by atoms with Crippen molar-refractivity contribution >= 4 is 33.7 Å². The lowest BCUT2D eigenvalue weighted by Crippen LogP contribution is -2.10. The van der Waals surface area contributed by atoms with Gasteiger partial charge in [-0.3, -0.25) is 4.79 Å². The quantitative estimate of drug-likeness (QED) is 0.437. The lowest BCUT2D eigenvalue weighted by molar-refractivity contribution is 0.0998. The van der Waals surface area contributed by atoms with Gasteiger partial charge >= 0.3 is 0 Å². The molecule has 0 unspecified atom stereocenters. The Morgan fingerprint density at radius 2 is 1.79 bits per heavy atom. The average molecular weight is 368 g/mol.